The van der Waals surface area contributed by atoms with Gasteiger partial charge < -0.3 is 0 Å². The summed E-state index contributed by atoms with van der Waals surface area (Å²) in [5.41, 5.74) is 2.35. The van der Waals surface area contributed by atoms with Gasteiger partial charge in [-0.05, 0) is 57.4 Å². The molecule has 3 atom stereocenters. The van der Waals surface area contributed by atoms with Crippen LogP contribution >= 0.6 is 0 Å². The molecule has 1 saturated carbocycles. The Morgan fingerprint density at radius 3 is 2.37 bits per heavy atom. The summed E-state index contributed by atoms with van der Waals surface area (Å²) in [4.78, 5) is 2.90. The van der Waals surface area contributed by atoms with Crippen molar-refractivity contribution in [2.24, 2.45) is 0 Å². The van der Waals surface area contributed by atoms with E-state index in [0.717, 1.165) is 50.6 Å². The number of sulfonamides is 1. The van der Waals surface area contributed by atoms with Crippen molar-refractivity contribution in [2.75, 3.05) is 6.54 Å². The van der Waals surface area contributed by atoms with Crippen LogP contribution in [0.15, 0.2) is 59.5 Å². The predicted octanol–water partition coefficient (Wildman–Crippen LogP) is 5.45. The molecule has 1 N–H and O–H groups in total. The SMILES string of the molecule is CCCCN([C@H](C)c1ccccc1)[C@@H]1CCCC[C@H]1NS(=O)(=O)c1ccc(C)cc1. The third kappa shape index (κ3) is 5.71. The average molecular weight is 429 g/mol. The second-order valence-electron chi connectivity index (χ2n) is 8.57. The molecule has 164 valence electrons. The molecule has 30 heavy (non-hydrogen) atoms. The molecular weight excluding hydrogens is 392 g/mol. The summed E-state index contributed by atoms with van der Waals surface area (Å²) < 4.78 is 29.3. The number of benzene rings is 2. The third-order valence-electron chi connectivity index (χ3n) is 6.34. The van der Waals surface area contributed by atoms with Gasteiger partial charge in [-0.1, -0.05) is 74.2 Å². The molecule has 3 rings (SSSR count). The first kappa shape index (κ1) is 23.0. The van der Waals surface area contributed by atoms with Crippen LogP contribution in [0.25, 0.3) is 0 Å². The molecule has 0 aliphatic heterocycles. The number of unbranched alkanes of at least 4 members (excludes halogenated alkanes) is 1. The Morgan fingerprint density at radius 2 is 1.70 bits per heavy atom. The van der Waals surface area contributed by atoms with E-state index in [2.05, 4.69) is 47.7 Å². The van der Waals surface area contributed by atoms with Crippen LogP contribution in [0, 0.1) is 6.92 Å². The van der Waals surface area contributed by atoms with Crippen LogP contribution in [-0.2, 0) is 10.0 Å². The molecule has 0 heterocycles. The summed E-state index contributed by atoms with van der Waals surface area (Å²) in [5, 5.41) is 0. The molecule has 0 bridgehead atoms. The van der Waals surface area contributed by atoms with Gasteiger partial charge in [0.1, 0.15) is 0 Å². The zero-order valence-corrected chi connectivity index (χ0v) is 19.4. The molecule has 0 saturated heterocycles. The molecule has 0 spiro atoms. The molecule has 1 fully saturated rings. The summed E-state index contributed by atoms with van der Waals surface area (Å²) >= 11 is 0. The van der Waals surface area contributed by atoms with Crippen LogP contribution in [0.5, 0.6) is 0 Å². The highest BCUT2D eigenvalue weighted by Crippen LogP contribution is 2.31. The topological polar surface area (TPSA) is 49.4 Å². The van der Waals surface area contributed by atoms with E-state index < -0.39 is 10.0 Å². The molecular formula is C25H36N2O2S. The summed E-state index contributed by atoms with van der Waals surface area (Å²) in [5.74, 6) is 0. The van der Waals surface area contributed by atoms with Crippen LogP contribution in [0.1, 0.15) is 69.5 Å². The lowest BCUT2D eigenvalue weighted by Gasteiger charge is -2.43. The first-order valence-electron chi connectivity index (χ1n) is 11.3. The summed E-state index contributed by atoms with van der Waals surface area (Å²) in [6, 6.07) is 18.1. The summed E-state index contributed by atoms with van der Waals surface area (Å²) in [6.45, 7) is 7.42. The Bertz CT molecular complexity index is 881. The highest BCUT2D eigenvalue weighted by atomic mass is 32.2. The Hall–Kier alpha value is -1.69. The van der Waals surface area contributed by atoms with Gasteiger partial charge in [-0.25, -0.2) is 13.1 Å². The first-order valence-corrected chi connectivity index (χ1v) is 12.8. The van der Waals surface area contributed by atoms with Gasteiger partial charge in [-0.15, -0.1) is 0 Å². The number of hydrogen-bond donors (Lipinski definition) is 1. The Kier molecular flexibility index (Phi) is 8.09. The van der Waals surface area contributed by atoms with Crippen molar-refractivity contribution in [3.8, 4) is 0 Å². The molecule has 2 aromatic rings. The van der Waals surface area contributed by atoms with E-state index in [1.807, 2.05) is 25.1 Å². The maximum Gasteiger partial charge on any atom is 0.240 e. The number of hydrogen-bond acceptors (Lipinski definition) is 3. The zero-order chi connectivity index (χ0) is 21.6. The van der Waals surface area contributed by atoms with Gasteiger partial charge in [-0.2, -0.15) is 0 Å². The van der Waals surface area contributed by atoms with Gasteiger partial charge in [0, 0.05) is 18.1 Å². The van der Waals surface area contributed by atoms with Crippen molar-refractivity contribution in [1.29, 1.82) is 0 Å². The quantitative estimate of drug-likeness (QED) is 0.578. The normalized spacial score (nSPS) is 20.9. The van der Waals surface area contributed by atoms with Crippen molar-refractivity contribution >= 4 is 10.0 Å². The van der Waals surface area contributed by atoms with Crippen molar-refractivity contribution in [3.63, 3.8) is 0 Å². The molecule has 1 aliphatic rings. The van der Waals surface area contributed by atoms with Gasteiger partial charge in [0.15, 0.2) is 0 Å². The average Bonchev–Trinajstić information content (AvgIpc) is 2.75. The smallest absolute Gasteiger partial charge is 0.240 e. The molecule has 5 heteroatoms. The standard InChI is InChI=1S/C25H36N2O2S/c1-4-5-19-27(21(3)22-11-7-6-8-12-22)25-14-10-9-13-24(25)26-30(28,29)23-17-15-20(2)16-18-23/h6-8,11-12,15-18,21,24-26H,4-5,9-10,13-14,19H2,1-3H3/t21-,24-,25-/m1/s1. The molecule has 0 radical (unpaired) electrons. The fourth-order valence-electron chi connectivity index (χ4n) is 4.54. The van der Waals surface area contributed by atoms with E-state index >= 15 is 0 Å². The zero-order valence-electron chi connectivity index (χ0n) is 18.5. The van der Waals surface area contributed by atoms with E-state index in [0.29, 0.717) is 4.90 Å². The molecule has 1 aliphatic carbocycles. The second-order valence-corrected chi connectivity index (χ2v) is 10.3. The largest absolute Gasteiger partial charge is 0.292 e. The highest BCUT2D eigenvalue weighted by Gasteiger charge is 2.35. The van der Waals surface area contributed by atoms with Gasteiger partial charge in [-0.3, -0.25) is 4.90 Å². The number of nitrogens with zero attached hydrogens (tertiary/aromatic N) is 1. The molecule has 0 aromatic heterocycles. The van der Waals surface area contributed by atoms with Gasteiger partial charge in [0.2, 0.25) is 10.0 Å². The van der Waals surface area contributed by atoms with E-state index in [4.69, 9.17) is 0 Å². The van der Waals surface area contributed by atoms with Crippen LogP contribution in [0.4, 0.5) is 0 Å². The maximum atomic E-state index is 13.1. The Morgan fingerprint density at radius 1 is 1.03 bits per heavy atom. The van der Waals surface area contributed by atoms with Gasteiger partial charge >= 0.3 is 0 Å². The predicted molar refractivity (Wildman–Crippen MR) is 124 cm³/mol. The minimum Gasteiger partial charge on any atom is -0.292 e. The first-order chi connectivity index (χ1) is 14.4. The fraction of sp³-hybridized carbons (Fsp3) is 0.520. The number of nitrogens with one attached hydrogen (secondary N) is 1. The maximum absolute atomic E-state index is 13.1. The van der Waals surface area contributed by atoms with Crippen molar-refractivity contribution in [3.05, 3.63) is 65.7 Å². The molecule has 2 aromatic carbocycles. The van der Waals surface area contributed by atoms with Crippen LogP contribution in [-0.4, -0.2) is 31.9 Å². The molecule has 0 amide bonds. The van der Waals surface area contributed by atoms with Crippen molar-refractivity contribution < 1.29 is 8.42 Å². The Balaban J connectivity index is 1.84. The van der Waals surface area contributed by atoms with E-state index in [9.17, 15) is 8.42 Å². The van der Waals surface area contributed by atoms with Crippen LogP contribution < -0.4 is 4.72 Å². The lowest BCUT2D eigenvalue weighted by atomic mass is 9.88. The lowest BCUT2D eigenvalue weighted by molar-refractivity contribution is 0.0901. The highest BCUT2D eigenvalue weighted by molar-refractivity contribution is 7.89. The Labute approximate surface area is 182 Å². The van der Waals surface area contributed by atoms with Gasteiger partial charge in [0.05, 0.1) is 4.90 Å². The monoisotopic (exact) mass is 428 g/mol. The van der Waals surface area contributed by atoms with Crippen LogP contribution in [0.3, 0.4) is 0 Å². The number of aryl methyl sites for hydroxylation is 1. The van der Waals surface area contributed by atoms with Gasteiger partial charge in [0.25, 0.3) is 0 Å². The van der Waals surface area contributed by atoms with E-state index in [1.54, 1.807) is 12.1 Å². The van der Waals surface area contributed by atoms with Crippen LogP contribution in [0.2, 0.25) is 0 Å². The van der Waals surface area contributed by atoms with E-state index in [-0.39, 0.29) is 18.1 Å². The van der Waals surface area contributed by atoms with E-state index in [1.165, 1.54) is 5.56 Å². The van der Waals surface area contributed by atoms with Crippen molar-refractivity contribution in [1.82, 2.24) is 9.62 Å². The molecule has 4 nitrogen and oxygen atoms in total. The minimum atomic E-state index is -3.53. The molecule has 0 unspecified atom stereocenters. The second kappa shape index (κ2) is 10.6. The summed E-state index contributed by atoms with van der Waals surface area (Å²) in [6.07, 6.45) is 6.38. The summed E-state index contributed by atoms with van der Waals surface area (Å²) in [7, 11) is -3.53. The fourth-order valence-corrected chi connectivity index (χ4v) is 5.84. The van der Waals surface area contributed by atoms with Crippen molar-refractivity contribution in [2.45, 2.75) is 82.3 Å². The number of rotatable bonds is 9. The lowest BCUT2D eigenvalue weighted by Crippen LogP contribution is -2.54. The minimum absolute atomic E-state index is 0.0620. The third-order valence-corrected chi connectivity index (χ3v) is 7.85.